The van der Waals surface area contributed by atoms with Gasteiger partial charge in [0.15, 0.2) is 0 Å². The van der Waals surface area contributed by atoms with Gasteiger partial charge in [-0.1, -0.05) is 12.1 Å². The van der Waals surface area contributed by atoms with E-state index in [1.165, 1.54) is 6.07 Å². The zero-order valence-corrected chi connectivity index (χ0v) is 11.3. The van der Waals surface area contributed by atoms with Gasteiger partial charge in [0.1, 0.15) is 5.82 Å². The number of halogens is 1. The fourth-order valence-corrected chi connectivity index (χ4v) is 1.36. The maximum Gasteiger partial charge on any atom is 0.126 e. The zero-order chi connectivity index (χ0) is 13.3. The molecule has 0 unspecified atom stereocenters. The van der Waals surface area contributed by atoms with Crippen LogP contribution in [-0.2, 0) is 6.54 Å². The summed E-state index contributed by atoms with van der Waals surface area (Å²) in [5.74, 6) is -0.185. The van der Waals surface area contributed by atoms with E-state index in [9.17, 15) is 9.50 Å². The minimum atomic E-state index is -0.817. The molecule has 0 atom stereocenters. The first kappa shape index (κ1) is 14.1. The second-order valence-electron chi connectivity index (χ2n) is 5.62. The molecule has 0 saturated carbocycles. The molecule has 0 aliphatic heterocycles. The highest BCUT2D eigenvalue weighted by Gasteiger charge is 2.34. The molecule has 0 aliphatic rings. The molecule has 0 radical (unpaired) electrons. The molecule has 0 aromatic heterocycles. The van der Waals surface area contributed by atoms with E-state index in [4.69, 9.17) is 0 Å². The summed E-state index contributed by atoms with van der Waals surface area (Å²) in [6.45, 7) is 9.80. The van der Waals surface area contributed by atoms with Crippen LogP contribution in [0.25, 0.3) is 0 Å². The first-order valence-electron chi connectivity index (χ1n) is 5.86. The van der Waals surface area contributed by atoms with Crippen LogP contribution in [-0.4, -0.2) is 16.2 Å². The Hall–Kier alpha value is -0.930. The third kappa shape index (κ3) is 3.51. The van der Waals surface area contributed by atoms with Crippen LogP contribution < -0.4 is 5.32 Å². The molecule has 0 saturated heterocycles. The molecule has 2 N–H and O–H groups in total. The van der Waals surface area contributed by atoms with Gasteiger partial charge in [0.2, 0.25) is 0 Å². The molecule has 0 aliphatic carbocycles. The molecule has 2 nitrogen and oxygen atoms in total. The van der Waals surface area contributed by atoms with Gasteiger partial charge >= 0.3 is 0 Å². The van der Waals surface area contributed by atoms with Crippen molar-refractivity contribution in [1.29, 1.82) is 0 Å². The molecule has 0 heterocycles. The molecule has 96 valence electrons. The highest BCUT2D eigenvalue weighted by Crippen LogP contribution is 2.21. The summed E-state index contributed by atoms with van der Waals surface area (Å²) < 4.78 is 13.1. The van der Waals surface area contributed by atoms with Gasteiger partial charge < -0.3 is 10.4 Å². The Morgan fingerprint density at radius 3 is 2.29 bits per heavy atom. The van der Waals surface area contributed by atoms with Gasteiger partial charge in [-0.15, -0.1) is 0 Å². The van der Waals surface area contributed by atoms with Gasteiger partial charge in [-0.25, -0.2) is 4.39 Å². The number of aryl methyl sites for hydroxylation is 1. The van der Waals surface area contributed by atoms with E-state index < -0.39 is 11.1 Å². The first-order valence-corrected chi connectivity index (χ1v) is 5.86. The molecule has 3 heteroatoms. The van der Waals surface area contributed by atoms with Crippen molar-refractivity contribution in [3.63, 3.8) is 0 Å². The van der Waals surface area contributed by atoms with Crippen molar-refractivity contribution < 1.29 is 9.50 Å². The lowest BCUT2D eigenvalue weighted by Crippen LogP contribution is -2.55. The quantitative estimate of drug-likeness (QED) is 0.846. The van der Waals surface area contributed by atoms with Gasteiger partial charge in [0.25, 0.3) is 0 Å². The van der Waals surface area contributed by atoms with E-state index in [0.29, 0.717) is 12.1 Å². The SMILES string of the molecule is Cc1cc(CNC(C)(C)C(C)(C)O)ccc1F. The molecule has 0 bridgehead atoms. The maximum absolute atomic E-state index is 13.1. The summed E-state index contributed by atoms with van der Waals surface area (Å²) in [5, 5.41) is 13.3. The summed E-state index contributed by atoms with van der Waals surface area (Å²) in [6, 6.07) is 5.06. The minimum absolute atomic E-state index is 0.185. The molecular formula is C14H22FNO. The van der Waals surface area contributed by atoms with Crippen molar-refractivity contribution in [3.05, 3.63) is 35.1 Å². The molecule has 0 fully saturated rings. The van der Waals surface area contributed by atoms with Crippen molar-refractivity contribution >= 4 is 0 Å². The fourth-order valence-electron chi connectivity index (χ4n) is 1.36. The van der Waals surface area contributed by atoms with Crippen molar-refractivity contribution in [1.82, 2.24) is 5.32 Å². The van der Waals surface area contributed by atoms with Crippen molar-refractivity contribution in [2.75, 3.05) is 0 Å². The number of nitrogens with one attached hydrogen (secondary N) is 1. The predicted molar refractivity (Wildman–Crippen MR) is 68.4 cm³/mol. The smallest absolute Gasteiger partial charge is 0.126 e. The van der Waals surface area contributed by atoms with Crippen LogP contribution in [0.2, 0.25) is 0 Å². The van der Waals surface area contributed by atoms with E-state index >= 15 is 0 Å². The normalized spacial score (nSPS) is 12.9. The van der Waals surface area contributed by atoms with Crippen LogP contribution in [0.3, 0.4) is 0 Å². The highest BCUT2D eigenvalue weighted by atomic mass is 19.1. The average molecular weight is 239 g/mol. The Bertz CT molecular complexity index is 394. The summed E-state index contributed by atoms with van der Waals surface area (Å²) in [6.07, 6.45) is 0. The van der Waals surface area contributed by atoms with Gasteiger partial charge in [-0.05, 0) is 51.8 Å². The molecule has 1 aromatic carbocycles. The van der Waals surface area contributed by atoms with Crippen molar-refractivity contribution in [2.45, 2.75) is 52.3 Å². The maximum atomic E-state index is 13.1. The Labute approximate surface area is 103 Å². The molecule has 0 amide bonds. The lowest BCUT2D eigenvalue weighted by molar-refractivity contribution is -0.00532. The predicted octanol–water partition coefficient (Wildman–Crippen LogP) is 2.77. The Morgan fingerprint density at radius 2 is 1.82 bits per heavy atom. The number of hydrogen-bond acceptors (Lipinski definition) is 2. The monoisotopic (exact) mass is 239 g/mol. The van der Waals surface area contributed by atoms with Crippen LogP contribution in [0.1, 0.15) is 38.8 Å². The van der Waals surface area contributed by atoms with E-state index in [2.05, 4.69) is 5.32 Å². The van der Waals surface area contributed by atoms with Gasteiger partial charge in [0.05, 0.1) is 5.60 Å². The third-order valence-corrected chi connectivity index (χ3v) is 3.49. The average Bonchev–Trinajstić information content (AvgIpc) is 2.18. The lowest BCUT2D eigenvalue weighted by Gasteiger charge is -2.38. The number of aliphatic hydroxyl groups is 1. The topological polar surface area (TPSA) is 32.3 Å². The molecule has 17 heavy (non-hydrogen) atoms. The molecule has 1 aromatic rings. The van der Waals surface area contributed by atoms with Crippen LogP contribution in [0.5, 0.6) is 0 Å². The van der Waals surface area contributed by atoms with E-state index in [1.807, 2.05) is 19.9 Å². The number of benzene rings is 1. The van der Waals surface area contributed by atoms with Gasteiger partial charge in [-0.3, -0.25) is 0 Å². The summed E-state index contributed by atoms with van der Waals surface area (Å²) in [7, 11) is 0. The largest absolute Gasteiger partial charge is 0.389 e. The van der Waals surface area contributed by atoms with Crippen LogP contribution in [0, 0.1) is 12.7 Å². The van der Waals surface area contributed by atoms with Crippen LogP contribution >= 0.6 is 0 Å². The van der Waals surface area contributed by atoms with Crippen molar-refractivity contribution in [3.8, 4) is 0 Å². The second-order valence-corrected chi connectivity index (χ2v) is 5.62. The van der Waals surface area contributed by atoms with Crippen molar-refractivity contribution in [2.24, 2.45) is 0 Å². The standard InChI is InChI=1S/C14H22FNO/c1-10-8-11(6-7-12(10)15)9-16-13(2,3)14(4,5)17/h6-8,16-17H,9H2,1-5H3. The molecule has 0 spiro atoms. The Balaban J connectivity index is 2.71. The summed E-state index contributed by atoms with van der Waals surface area (Å²) in [5.41, 5.74) is 0.434. The molecule has 1 rings (SSSR count). The van der Waals surface area contributed by atoms with E-state index in [1.54, 1.807) is 26.8 Å². The van der Waals surface area contributed by atoms with E-state index in [0.717, 1.165) is 5.56 Å². The van der Waals surface area contributed by atoms with Crippen LogP contribution in [0.4, 0.5) is 4.39 Å². The second kappa shape index (κ2) is 4.75. The third-order valence-electron chi connectivity index (χ3n) is 3.49. The fraction of sp³-hybridized carbons (Fsp3) is 0.571. The van der Waals surface area contributed by atoms with Crippen LogP contribution in [0.15, 0.2) is 18.2 Å². The molecular weight excluding hydrogens is 217 g/mol. The summed E-state index contributed by atoms with van der Waals surface area (Å²) >= 11 is 0. The summed E-state index contributed by atoms with van der Waals surface area (Å²) in [4.78, 5) is 0. The zero-order valence-electron chi connectivity index (χ0n) is 11.3. The first-order chi connectivity index (χ1) is 7.63. The highest BCUT2D eigenvalue weighted by molar-refractivity contribution is 5.24. The van der Waals surface area contributed by atoms with E-state index in [-0.39, 0.29) is 5.82 Å². The number of rotatable bonds is 4. The number of hydrogen-bond donors (Lipinski definition) is 2. The lowest BCUT2D eigenvalue weighted by atomic mass is 9.86. The minimum Gasteiger partial charge on any atom is -0.389 e. The van der Waals surface area contributed by atoms with Gasteiger partial charge in [0, 0.05) is 12.1 Å². The Morgan fingerprint density at radius 1 is 1.24 bits per heavy atom. The van der Waals surface area contributed by atoms with Gasteiger partial charge in [-0.2, -0.15) is 0 Å². The Kier molecular flexibility index (Phi) is 3.95.